The van der Waals surface area contributed by atoms with Crippen molar-refractivity contribution in [3.05, 3.63) is 59.4 Å². The van der Waals surface area contributed by atoms with Crippen LogP contribution in [0.1, 0.15) is 12.7 Å². The van der Waals surface area contributed by atoms with E-state index >= 15 is 0 Å². The van der Waals surface area contributed by atoms with Gasteiger partial charge in [-0.3, -0.25) is 4.79 Å². The zero-order valence-electron chi connectivity index (χ0n) is 12.9. The number of benzene rings is 2. The molecule has 0 bridgehead atoms. The van der Waals surface area contributed by atoms with Crippen LogP contribution in [0.25, 0.3) is 11.5 Å². The summed E-state index contributed by atoms with van der Waals surface area (Å²) >= 11 is 6.20. The number of aromatic nitrogens is 2. The predicted molar refractivity (Wildman–Crippen MR) is 92.8 cm³/mol. The van der Waals surface area contributed by atoms with E-state index in [0.717, 1.165) is 11.3 Å². The largest absolute Gasteiger partial charge is 0.376 e. The highest BCUT2D eigenvalue weighted by molar-refractivity contribution is 6.33. The molecule has 0 unspecified atom stereocenters. The zero-order valence-corrected chi connectivity index (χ0v) is 13.7. The Balaban J connectivity index is 1.66. The summed E-state index contributed by atoms with van der Waals surface area (Å²) in [5.41, 5.74) is 2.23. The van der Waals surface area contributed by atoms with Crippen molar-refractivity contribution in [1.82, 2.24) is 10.1 Å². The number of rotatable bonds is 5. The van der Waals surface area contributed by atoms with E-state index in [-0.39, 0.29) is 5.91 Å². The van der Waals surface area contributed by atoms with Gasteiger partial charge in [0.25, 0.3) is 5.89 Å². The molecule has 0 spiro atoms. The third kappa shape index (κ3) is 3.91. The van der Waals surface area contributed by atoms with E-state index < -0.39 is 0 Å². The molecule has 0 aliphatic carbocycles. The first-order valence-corrected chi connectivity index (χ1v) is 7.68. The van der Waals surface area contributed by atoms with Gasteiger partial charge in [-0.15, -0.1) is 0 Å². The van der Waals surface area contributed by atoms with E-state index in [0.29, 0.717) is 29.0 Å². The van der Waals surface area contributed by atoms with Gasteiger partial charge in [-0.25, -0.2) is 0 Å². The van der Waals surface area contributed by atoms with Crippen LogP contribution in [0.5, 0.6) is 0 Å². The molecule has 3 aromatic rings. The number of carbonyl (C=O) groups excluding carboxylic acids is 1. The molecule has 122 valence electrons. The Kier molecular flexibility index (Phi) is 4.77. The second-order valence-electron chi connectivity index (χ2n) is 5.11. The molecule has 0 atom stereocenters. The Labute approximate surface area is 143 Å². The molecule has 0 saturated heterocycles. The minimum absolute atomic E-state index is 0.146. The molecule has 3 rings (SSSR count). The molecule has 0 radical (unpaired) electrons. The highest BCUT2D eigenvalue weighted by atomic mass is 35.5. The van der Waals surface area contributed by atoms with Gasteiger partial charge in [0.2, 0.25) is 5.91 Å². The maximum Gasteiger partial charge on any atom is 0.257 e. The molecule has 6 nitrogen and oxygen atoms in total. The van der Waals surface area contributed by atoms with Crippen molar-refractivity contribution in [2.45, 2.75) is 13.5 Å². The van der Waals surface area contributed by atoms with Gasteiger partial charge in [0.15, 0.2) is 5.82 Å². The molecule has 0 aliphatic rings. The lowest BCUT2D eigenvalue weighted by Gasteiger charge is -2.08. The van der Waals surface area contributed by atoms with Crippen LogP contribution in [0.4, 0.5) is 11.4 Å². The fourth-order valence-corrected chi connectivity index (χ4v) is 2.38. The second-order valence-corrected chi connectivity index (χ2v) is 5.52. The molecule has 7 heteroatoms. The average molecular weight is 343 g/mol. The molecule has 24 heavy (non-hydrogen) atoms. The molecule has 0 saturated carbocycles. The van der Waals surface area contributed by atoms with Crippen molar-refractivity contribution in [2.75, 3.05) is 10.6 Å². The highest BCUT2D eigenvalue weighted by Crippen LogP contribution is 2.26. The Bertz CT molecular complexity index is 849. The molecular weight excluding hydrogens is 328 g/mol. The number of halogens is 1. The minimum atomic E-state index is -0.146. The van der Waals surface area contributed by atoms with E-state index in [2.05, 4.69) is 20.8 Å². The monoisotopic (exact) mass is 342 g/mol. The smallest absolute Gasteiger partial charge is 0.257 e. The van der Waals surface area contributed by atoms with Crippen LogP contribution >= 0.6 is 11.6 Å². The van der Waals surface area contributed by atoms with Crippen LogP contribution in [0, 0.1) is 0 Å². The van der Waals surface area contributed by atoms with Crippen LogP contribution in [0.3, 0.4) is 0 Å². The molecular formula is C17H15ClN4O2. The van der Waals surface area contributed by atoms with Crippen molar-refractivity contribution in [1.29, 1.82) is 0 Å². The van der Waals surface area contributed by atoms with Gasteiger partial charge < -0.3 is 15.2 Å². The average Bonchev–Trinajstić information content (AvgIpc) is 3.03. The highest BCUT2D eigenvalue weighted by Gasteiger charge is 2.09. The molecule has 1 aromatic heterocycles. The van der Waals surface area contributed by atoms with Gasteiger partial charge in [0.1, 0.15) is 0 Å². The summed E-state index contributed by atoms with van der Waals surface area (Å²) in [6.45, 7) is 1.82. The van der Waals surface area contributed by atoms with Gasteiger partial charge in [0, 0.05) is 18.2 Å². The standard InChI is InChI=1S/C17H15ClN4O2/c1-11(23)20-13-7-8-15(14(18)9-13)19-10-16-21-17(24-22-16)12-5-3-2-4-6-12/h2-9,19H,10H2,1H3,(H,20,23). The Hall–Kier alpha value is -2.86. The SMILES string of the molecule is CC(=O)Nc1ccc(NCc2noc(-c3ccccc3)n2)c(Cl)c1. The normalized spacial score (nSPS) is 10.4. The third-order valence-corrected chi connectivity index (χ3v) is 3.53. The van der Waals surface area contributed by atoms with Crippen molar-refractivity contribution >= 4 is 28.9 Å². The fourth-order valence-electron chi connectivity index (χ4n) is 2.14. The number of hydrogen-bond donors (Lipinski definition) is 2. The van der Waals surface area contributed by atoms with Crippen LogP contribution in [0.15, 0.2) is 53.1 Å². The first-order valence-electron chi connectivity index (χ1n) is 7.31. The maximum atomic E-state index is 11.0. The van der Waals surface area contributed by atoms with E-state index in [4.69, 9.17) is 16.1 Å². The van der Waals surface area contributed by atoms with E-state index in [9.17, 15) is 4.79 Å². The zero-order chi connectivity index (χ0) is 16.9. The van der Waals surface area contributed by atoms with Crippen molar-refractivity contribution < 1.29 is 9.32 Å². The summed E-state index contributed by atoms with van der Waals surface area (Å²) in [6, 6.07) is 14.8. The molecule has 1 heterocycles. The van der Waals surface area contributed by atoms with E-state index in [1.165, 1.54) is 6.92 Å². The van der Waals surface area contributed by atoms with Crippen molar-refractivity contribution in [3.63, 3.8) is 0 Å². The summed E-state index contributed by atoms with van der Waals surface area (Å²) in [4.78, 5) is 15.4. The van der Waals surface area contributed by atoms with Crippen molar-refractivity contribution in [2.24, 2.45) is 0 Å². The van der Waals surface area contributed by atoms with Gasteiger partial charge in [-0.1, -0.05) is 35.0 Å². The summed E-state index contributed by atoms with van der Waals surface area (Å²) in [5.74, 6) is 0.849. The number of hydrogen-bond acceptors (Lipinski definition) is 5. The lowest BCUT2D eigenvalue weighted by Crippen LogP contribution is -2.06. The molecule has 1 amide bonds. The third-order valence-electron chi connectivity index (χ3n) is 3.22. The minimum Gasteiger partial charge on any atom is -0.376 e. The van der Waals surface area contributed by atoms with Crippen LogP contribution in [-0.4, -0.2) is 16.0 Å². The number of nitrogens with one attached hydrogen (secondary N) is 2. The Morgan fingerprint density at radius 3 is 2.71 bits per heavy atom. The summed E-state index contributed by atoms with van der Waals surface area (Å²) in [5, 5.41) is 10.3. The first-order chi connectivity index (χ1) is 11.6. The fraction of sp³-hybridized carbons (Fsp3) is 0.118. The second kappa shape index (κ2) is 7.14. The van der Waals surface area contributed by atoms with Crippen LogP contribution in [-0.2, 0) is 11.3 Å². The van der Waals surface area contributed by atoms with E-state index in [1.54, 1.807) is 18.2 Å². The molecule has 0 fully saturated rings. The Morgan fingerprint density at radius 2 is 2.00 bits per heavy atom. The lowest BCUT2D eigenvalue weighted by atomic mass is 10.2. The van der Waals surface area contributed by atoms with E-state index in [1.807, 2.05) is 30.3 Å². The number of nitrogens with zero attached hydrogens (tertiary/aromatic N) is 2. The quantitative estimate of drug-likeness (QED) is 0.733. The lowest BCUT2D eigenvalue weighted by molar-refractivity contribution is -0.114. The summed E-state index contributed by atoms with van der Waals surface area (Å²) in [7, 11) is 0. The van der Waals surface area contributed by atoms with Gasteiger partial charge in [0.05, 0.1) is 17.3 Å². The number of anilines is 2. The van der Waals surface area contributed by atoms with Crippen LogP contribution < -0.4 is 10.6 Å². The van der Waals surface area contributed by atoms with Gasteiger partial charge >= 0.3 is 0 Å². The maximum absolute atomic E-state index is 11.0. The Morgan fingerprint density at radius 1 is 1.21 bits per heavy atom. The summed E-state index contributed by atoms with van der Waals surface area (Å²) < 4.78 is 5.25. The predicted octanol–water partition coefficient (Wildman–Crippen LogP) is 3.96. The van der Waals surface area contributed by atoms with Crippen LogP contribution in [0.2, 0.25) is 5.02 Å². The molecule has 2 aromatic carbocycles. The topological polar surface area (TPSA) is 80.0 Å². The van der Waals surface area contributed by atoms with Gasteiger partial charge in [-0.05, 0) is 30.3 Å². The number of amides is 1. The first kappa shape index (κ1) is 16.0. The van der Waals surface area contributed by atoms with Gasteiger partial charge in [-0.2, -0.15) is 4.98 Å². The molecule has 2 N–H and O–H groups in total. The molecule has 0 aliphatic heterocycles. The van der Waals surface area contributed by atoms with Crippen molar-refractivity contribution in [3.8, 4) is 11.5 Å². The summed E-state index contributed by atoms with van der Waals surface area (Å²) in [6.07, 6.45) is 0. The number of carbonyl (C=O) groups is 1.